The van der Waals surface area contributed by atoms with Crippen LogP contribution in [0.2, 0.25) is 0 Å². The van der Waals surface area contributed by atoms with Gasteiger partial charge in [-0.25, -0.2) is 8.78 Å². The summed E-state index contributed by atoms with van der Waals surface area (Å²) in [6, 6.07) is 0.169. The van der Waals surface area contributed by atoms with Gasteiger partial charge in [0.25, 0.3) is 0 Å². The molecule has 5 heteroatoms. The van der Waals surface area contributed by atoms with Crippen LogP contribution in [-0.4, -0.2) is 5.11 Å². The minimum Gasteiger partial charge on any atom is -0.506 e. The third kappa shape index (κ3) is 2.71. The Morgan fingerprint density at radius 2 is 2.00 bits per heavy atom. The number of nitrogens with two attached hydrogens (primary N) is 1. The number of halogens is 3. The molecule has 0 bridgehead atoms. The maximum Gasteiger partial charge on any atom is 0.167 e. The molecule has 16 heavy (non-hydrogen) atoms. The van der Waals surface area contributed by atoms with Gasteiger partial charge in [-0.3, -0.25) is 0 Å². The number of phenols is 1. The summed E-state index contributed by atoms with van der Waals surface area (Å²) >= 11 is 2.95. The van der Waals surface area contributed by atoms with Gasteiger partial charge in [-0.15, -0.1) is 0 Å². The highest BCUT2D eigenvalue weighted by atomic mass is 79.9. The second-order valence-corrected chi connectivity index (χ2v) is 5.01. The lowest BCUT2D eigenvalue weighted by molar-refractivity contribution is 0.411. The Morgan fingerprint density at radius 3 is 2.50 bits per heavy atom. The minimum atomic E-state index is -1.08. The predicted molar refractivity (Wildman–Crippen MR) is 62.1 cm³/mol. The summed E-state index contributed by atoms with van der Waals surface area (Å²) in [6.45, 7) is 3.84. The van der Waals surface area contributed by atoms with E-state index in [2.05, 4.69) is 15.9 Å². The van der Waals surface area contributed by atoms with Crippen LogP contribution in [0, 0.1) is 17.6 Å². The van der Waals surface area contributed by atoms with Crippen molar-refractivity contribution >= 4 is 15.9 Å². The lowest BCUT2D eigenvalue weighted by Crippen LogP contribution is -2.15. The average Bonchev–Trinajstić information content (AvgIpc) is 2.14. The highest BCUT2D eigenvalue weighted by Gasteiger charge is 2.22. The van der Waals surface area contributed by atoms with Gasteiger partial charge in [0, 0.05) is 6.04 Å². The Hall–Kier alpha value is -0.680. The zero-order chi connectivity index (χ0) is 12.5. The second-order valence-electron chi connectivity index (χ2n) is 4.15. The van der Waals surface area contributed by atoms with Crippen molar-refractivity contribution in [2.75, 3.05) is 0 Å². The van der Waals surface area contributed by atoms with E-state index in [9.17, 15) is 13.9 Å². The highest BCUT2D eigenvalue weighted by Crippen LogP contribution is 2.36. The zero-order valence-corrected chi connectivity index (χ0v) is 10.7. The number of aromatic hydroxyl groups is 1. The van der Waals surface area contributed by atoms with E-state index in [4.69, 9.17) is 5.73 Å². The third-order valence-electron chi connectivity index (χ3n) is 2.28. The fourth-order valence-corrected chi connectivity index (χ4v) is 1.98. The van der Waals surface area contributed by atoms with Crippen molar-refractivity contribution < 1.29 is 13.9 Å². The fourth-order valence-electron chi connectivity index (χ4n) is 1.57. The molecule has 0 spiro atoms. The van der Waals surface area contributed by atoms with Gasteiger partial charge in [-0.1, -0.05) is 13.8 Å². The normalized spacial score (nSPS) is 13.2. The van der Waals surface area contributed by atoms with Crippen LogP contribution in [0.15, 0.2) is 10.5 Å². The molecule has 0 fully saturated rings. The van der Waals surface area contributed by atoms with E-state index in [1.165, 1.54) is 0 Å². The Labute approximate surface area is 102 Å². The first-order valence-electron chi connectivity index (χ1n) is 4.96. The first-order chi connectivity index (χ1) is 7.34. The molecule has 0 unspecified atom stereocenters. The highest BCUT2D eigenvalue weighted by molar-refractivity contribution is 9.10. The molecular formula is C11H14BrF2NO. The molecular weight excluding hydrogens is 280 g/mol. The van der Waals surface area contributed by atoms with E-state index in [0.29, 0.717) is 6.42 Å². The summed E-state index contributed by atoms with van der Waals surface area (Å²) in [7, 11) is 0. The van der Waals surface area contributed by atoms with E-state index in [0.717, 1.165) is 6.07 Å². The van der Waals surface area contributed by atoms with Crippen molar-refractivity contribution in [1.29, 1.82) is 0 Å². The number of benzene rings is 1. The molecule has 0 aromatic heterocycles. The molecule has 1 aromatic carbocycles. The number of hydrogen-bond donors (Lipinski definition) is 2. The maximum atomic E-state index is 13.5. The fraction of sp³-hybridized carbons (Fsp3) is 0.455. The smallest absolute Gasteiger partial charge is 0.167 e. The van der Waals surface area contributed by atoms with Gasteiger partial charge < -0.3 is 10.8 Å². The number of phenolic OH excluding ortho intramolecular Hbond substituents is 1. The molecule has 90 valence electrons. The first kappa shape index (κ1) is 13.4. The van der Waals surface area contributed by atoms with E-state index in [-0.39, 0.29) is 21.7 Å². The van der Waals surface area contributed by atoms with Crippen molar-refractivity contribution in [3.8, 4) is 5.75 Å². The molecule has 0 aliphatic rings. The molecule has 2 nitrogen and oxygen atoms in total. The molecule has 0 heterocycles. The van der Waals surface area contributed by atoms with Gasteiger partial charge in [0.1, 0.15) is 5.75 Å². The largest absolute Gasteiger partial charge is 0.506 e. The monoisotopic (exact) mass is 293 g/mol. The van der Waals surface area contributed by atoms with E-state index in [1.54, 1.807) is 0 Å². The molecule has 0 saturated heterocycles. The van der Waals surface area contributed by atoms with Gasteiger partial charge in [0.15, 0.2) is 11.6 Å². The summed E-state index contributed by atoms with van der Waals surface area (Å²) in [6.07, 6.45) is 0.473. The van der Waals surface area contributed by atoms with Crippen LogP contribution in [0.4, 0.5) is 8.78 Å². The Morgan fingerprint density at radius 1 is 1.44 bits per heavy atom. The van der Waals surface area contributed by atoms with E-state index >= 15 is 0 Å². The summed E-state index contributed by atoms with van der Waals surface area (Å²) in [5.41, 5.74) is 5.58. The Balaban J connectivity index is 3.21. The third-order valence-corrected chi connectivity index (χ3v) is 2.88. The predicted octanol–water partition coefficient (Wildman–Crippen LogP) is 3.48. The molecule has 3 N–H and O–H groups in total. The molecule has 0 amide bonds. The molecule has 0 saturated carbocycles. The van der Waals surface area contributed by atoms with Crippen molar-refractivity contribution in [3.05, 3.63) is 27.7 Å². The van der Waals surface area contributed by atoms with Crippen molar-refractivity contribution in [2.24, 2.45) is 11.7 Å². The molecule has 1 rings (SSSR count). The van der Waals surface area contributed by atoms with Crippen LogP contribution < -0.4 is 5.73 Å². The molecule has 1 aromatic rings. The van der Waals surface area contributed by atoms with Gasteiger partial charge in [-0.2, -0.15) is 0 Å². The SMILES string of the molecule is CC(C)C[C@H](N)c1c(O)c(Br)cc(F)c1F. The van der Waals surface area contributed by atoms with Gasteiger partial charge in [-0.05, 0) is 34.3 Å². The summed E-state index contributed by atoms with van der Waals surface area (Å²) in [4.78, 5) is 0. The standard InChI is InChI=1S/C11H14BrF2NO/c1-5(2)3-8(15)9-10(14)7(13)4-6(12)11(9)16/h4-5,8,16H,3,15H2,1-2H3/t8-/m0/s1. The molecule has 0 aliphatic heterocycles. The Kier molecular flexibility index (Phi) is 4.27. The molecule has 1 atom stereocenters. The van der Waals surface area contributed by atoms with E-state index in [1.807, 2.05) is 13.8 Å². The first-order valence-corrected chi connectivity index (χ1v) is 5.75. The van der Waals surface area contributed by atoms with Crippen LogP contribution in [0.25, 0.3) is 0 Å². The van der Waals surface area contributed by atoms with Crippen LogP contribution in [0.5, 0.6) is 5.75 Å². The summed E-state index contributed by atoms with van der Waals surface area (Å²) in [5, 5.41) is 9.65. The number of rotatable bonds is 3. The second kappa shape index (κ2) is 5.10. The van der Waals surface area contributed by atoms with Crippen LogP contribution in [0.3, 0.4) is 0 Å². The quantitative estimate of drug-likeness (QED) is 0.838. The zero-order valence-electron chi connectivity index (χ0n) is 9.10. The summed E-state index contributed by atoms with van der Waals surface area (Å²) < 4.78 is 26.8. The lowest BCUT2D eigenvalue weighted by Gasteiger charge is -2.17. The Bertz CT molecular complexity index is 370. The van der Waals surface area contributed by atoms with Gasteiger partial charge in [0.2, 0.25) is 0 Å². The van der Waals surface area contributed by atoms with Gasteiger partial charge in [0.05, 0.1) is 10.0 Å². The lowest BCUT2D eigenvalue weighted by atomic mass is 9.96. The minimum absolute atomic E-state index is 0.112. The topological polar surface area (TPSA) is 46.2 Å². The van der Waals surface area contributed by atoms with Crippen molar-refractivity contribution in [2.45, 2.75) is 26.3 Å². The van der Waals surface area contributed by atoms with E-state index < -0.39 is 17.7 Å². The summed E-state index contributed by atoms with van der Waals surface area (Å²) in [5.74, 6) is -2.18. The van der Waals surface area contributed by atoms with Crippen LogP contribution in [0.1, 0.15) is 31.9 Å². The van der Waals surface area contributed by atoms with Crippen LogP contribution in [-0.2, 0) is 0 Å². The van der Waals surface area contributed by atoms with Crippen molar-refractivity contribution in [3.63, 3.8) is 0 Å². The van der Waals surface area contributed by atoms with Crippen LogP contribution >= 0.6 is 15.9 Å². The number of hydrogen-bond acceptors (Lipinski definition) is 2. The molecule has 0 aliphatic carbocycles. The van der Waals surface area contributed by atoms with Crippen molar-refractivity contribution in [1.82, 2.24) is 0 Å². The maximum absolute atomic E-state index is 13.5. The van der Waals surface area contributed by atoms with Gasteiger partial charge >= 0.3 is 0 Å². The molecule has 0 radical (unpaired) electrons. The average molecular weight is 294 g/mol.